The van der Waals surface area contributed by atoms with Crippen molar-refractivity contribution in [3.63, 3.8) is 0 Å². The van der Waals surface area contributed by atoms with Crippen molar-refractivity contribution in [1.82, 2.24) is 5.32 Å². The van der Waals surface area contributed by atoms with E-state index in [-0.39, 0.29) is 0 Å². The standard InChI is InChI=1S/C14H20ClN/c1-3-16-10(2)14(11-4-5-11)12-6-8-13(15)9-7-12/h6-11,14,16H,3-5H2,1-2H3. The van der Waals surface area contributed by atoms with Crippen molar-refractivity contribution in [2.45, 2.75) is 38.6 Å². The van der Waals surface area contributed by atoms with Gasteiger partial charge in [-0.1, -0.05) is 30.7 Å². The molecule has 1 N–H and O–H groups in total. The fourth-order valence-corrected chi connectivity index (χ4v) is 2.68. The zero-order valence-electron chi connectivity index (χ0n) is 10.0. The van der Waals surface area contributed by atoms with E-state index in [0.29, 0.717) is 12.0 Å². The van der Waals surface area contributed by atoms with E-state index in [1.165, 1.54) is 18.4 Å². The third-order valence-corrected chi connectivity index (χ3v) is 3.70. The fraction of sp³-hybridized carbons (Fsp3) is 0.571. The van der Waals surface area contributed by atoms with Crippen LogP contribution in [0.25, 0.3) is 0 Å². The van der Waals surface area contributed by atoms with Crippen LogP contribution >= 0.6 is 11.6 Å². The summed E-state index contributed by atoms with van der Waals surface area (Å²) < 4.78 is 0. The van der Waals surface area contributed by atoms with Crippen LogP contribution in [0.3, 0.4) is 0 Å². The number of benzene rings is 1. The molecule has 2 rings (SSSR count). The van der Waals surface area contributed by atoms with E-state index in [1.54, 1.807) is 0 Å². The first kappa shape index (κ1) is 11.9. The maximum Gasteiger partial charge on any atom is 0.0406 e. The van der Waals surface area contributed by atoms with Crippen LogP contribution in [-0.4, -0.2) is 12.6 Å². The average Bonchev–Trinajstić information content (AvgIpc) is 3.06. The lowest BCUT2D eigenvalue weighted by Gasteiger charge is -2.25. The molecule has 0 amide bonds. The lowest BCUT2D eigenvalue weighted by atomic mass is 9.88. The van der Waals surface area contributed by atoms with Crippen LogP contribution in [0.1, 0.15) is 38.2 Å². The lowest BCUT2D eigenvalue weighted by Crippen LogP contribution is -2.33. The second kappa shape index (κ2) is 5.20. The highest BCUT2D eigenvalue weighted by Crippen LogP contribution is 2.44. The molecule has 2 atom stereocenters. The number of nitrogens with one attached hydrogen (secondary N) is 1. The highest BCUT2D eigenvalue weighted by molar-refractivity contribution is 6.30. The molecule has 1 saturated carbocycles. The minimum Gasteiger partial charge on any atom is -0.314 e. The van der Waals surface area contributed by atoms with Gasteiger partial charge in [-0.25, -0.2) is 0 Å². The molecule has 0 spiro atoms. The van der Waals surface area contributed by atoms with Gasteiger partial charge >= 0.3 is 0 Å². The normalized spacial score (nSPS) is 19.4. The minimum absolute atomic E-state index is 0.554. The van der Waals surface area contributed by atoms with Crippen LogP contribution in [0.4, 0.5) is 0 Å². The highest BCUT2D eigenvalue weighted by Gasteiger charge is 2.35. The second-order valence-electron chi connectivity index (χ2n) is 4.76. The predicted molar refractivity (Wildman–Crippen MR) is 70.1 cm³/mol. The summed E-state index contributed by atoms with van der Waals surface area (Å²) in [5, 5.41) is 4.38. The van der Waals surface area contributed by atoms with E-state index in [9.17, 15) is 0 Å². The number of halogens is 1. The van der Waals surface area contributed by atoms with Gasteiger partial charge in [0.2, 0.25) is 0 Å². The number of rotatable bonds is 5. The van der Waals surface area contributed by atoms with Crippen molar-refractivity contribution in [2.24, 2.45) is 5.92 Å². The van der Waals surface area contributed by atoms with Gasteiger partial charge in [0.05, 0.1) is 0 Å². The van der Waals surface area contributed by atoms with E-state index in [4.69, 9.17) is 11.6 Å². The molecule has 1 fully saturated rings. The van der Waals surface area contributed by atoms with Crippen LogP contribution in [0.15, 0.2) is 24.3 Å². The maximum atomic E-state index is 5.94. The first-order valence-electron chi connectivity index (χ1n) is 6.21. The van der Waals surface area contributed by atoms with E-state index in [1.807, 2.05) is 12.1 Å². The van der Waals surface area contributed by atoms with Gasteiger partial charge in [-0.15, -0.1) is 0 Å². The quantitative estimate of drug-likeness (QED) is 0.821. The van der Waals surface area contributed by atoms with Crippen LogP contribution in [0.2, 0.25) is 5.02 Å². The molecule has 1 aliphatic carbocycles. The molecule has 16 heavy (non-hydrogen) atoms. The third-order valence-electron chi connectivity index (χ3n) is 3.45. The fourth-order valence-electron chi connectivity index (χ4n) is 2.56. The molecule has 0 heterocycles. The molecule has 1 aliphatic rings. The van der Waals surface area contributed by atoms with Gasteiger partial charge in [-0.3, -0.25) is 0 Å². The lowest BCUT2D eigenvalue weighted by molar-refractivity contribution is 0.433. The molecule has 0 saturated heterocycles. The largest absolute Gasteiger partial charge is 0.314 e. The van der Waals surface area contributed by atoms with Gasteiger partial charge in [0.1, 0.15) is 0 Å². The first-order chi connectivity index (χ1) is 7.72. The van der Waals surface area contributed by atoms with Gasteiger partial charge < -0.3 is 5.32 Å². The summed E-state index contributed by atoms with van der Waals surface area (Å²) in [7, 11) is 0. The van der Waals surface area contributed by atoms with Crippen LogP contribution in [0, 0.1) is 5.92 Å². The van der Waals surface area contributed by atoms with Crippen LogP contribution in [-0.2, 0) is 0 Å². The van der Waals surface area contributed by atoms with Crippen molar-refractivity contribution in [2.75, 3.05) is 6.54 Å². The first-order valence-corrected chi connectivity index (χ1v) is 6.59. The topological polar surface area (TPSA) is 12.0 Å². The SMILES string of the molecule is CCNC(C)C(c1ccc(Cl)cc1)C1CC1. The van der Waals surface area contributed by atoms with Gasteiger partial charge in [0, 0.05) is 17.0 Å². The molecule has 1 nitrogen and oxygen atoms in total. The van der Waals surface area contributed by atoms with Crippen molar-refractivity contribution in [1.29, 1.82) is 0 Å². The smallest absolute Gasteiger partial charge is 0.0406 e. The summed E-state index contributed by atoms with van der Waals surface area (Å²) in [5.41, 5.74) is 1.43. The van der Waals surface area contributed by atoms with Crippen molar-refractivity contribution >= 4 is 11.6 Å². The molecular formula is C14H20ClN. The molecule has 1 aromatic rings. The Morgan fingerprint density at radius 3 is 2.44 bits per heavy atom. The molecule has 0 bridgehead atoms. The highest BCUT2D eigenvalue weighted by atomic mass is 35.5. The zero-order valence-corrected chi connectivity index (χ0v) is 10.8. The van der Waals surface area contributed by atoms with Crippen molar-refractivity contribution < 1.29 is 0 Å². The Balaban J connectivity index is 2.15. The van der Waals surface area contributed by atoms with E-state index in [2.05, 4.69) is 31.3 Å². The Morgan fingerprint density at radius 2 is 1.94 bits per heavy atom. The Hall–Kier alpha value is -0.530. The summed E-state index contributed by atoms with van der Waals surface area (Å²) >= 11 is 5.94. The Labute approximate surface area is 103 Å². The molecule has 0 aliphatic heterocycles. The summed E-state index contributed by atoms with van der Waals surface area (Å²) in [6.07, 6.45) is 2.76. The van der Waals surface area contributed by atoms with Crippen LogP contribution < -0.4 is 5.32 Å². The van der Waals surface area contributed by atoms with Crippen molar-refractivity contribution in [3.05, 3.63) is 34.9 Å². The summed E-state index contributed by atoms with van der Waals surface area (Å²) in [5.74, 6) is 1.52. The number of likely N-dealkylation sites (N-methyl/N-ethyl adjacent to an activating group) is 1. The van der Waals surface area contributed by atoms with Crippen LogP contribution in [0.5, 0.6) is 0 Å². The Morgan fingerprint density at radius 1 is 1.31 bits per heavy atom. The van der Waals surface area contributed by atoms with Gasteiger partial charge in [-0.2, -0.15) is 0 Å². The summed E-state index contributed by atoms with van der Waals surface area (Å²) in [6.45, 7) is 5.50. The molecule has 2 heteroatoms. The maximum absolute atomic E-state index is 5.94. The monoisotopic (exact) mass is 237 g/mol. The molecule has 88 valence electrons. The zero-order chi connectivity index (χ0) is 11.5. The Bertz CT molecular complexity index is 329. The van der Waals surface area contributed by atoms with Gasteiger partial charge in [-0.05, 0) is 49.9 Å². The number of hydrogen-bond acceptors (Lipinski definition) is 1. The third kappa shape index (κ3) is 2.78. The van der Waals surface area contributed by atoms with Crippen molar-refractivity contribution in [3.8, 4) is 0 Å². The predicted octanol–water partition coefficient (Wildman–Crippen LogP) is 3.83. The summed E-state index contributed by atoms with van der Waals surface area (Å²) in [4.78, 5) is 0. The summed E-state index contributed by atoms with van der Waals surface area (Å²) in [6, 6.07) is 8.92. The van der Waals surface area contributed by atoms with Gasteiger partial charge in [0.15, 0.2) is 0 Å². The molecule has 2 unspecified atom stereocenters. The Kier molecular flexibility index (Phi) is 3.88. The van der Waals surface area contributed by atoms with E-state index >= 15 is 0 Å². The van der Waals surface area contributed by atoms with E-state index in [0.717, 1.165) is 17.5 Å². The molecule has 1 aromatic carbocycles. The second-order valence-corrected chi connectivity index (χ2v) is 5.20. The molecule has 0 aromatic heterocycles. The van der Waals surface area contributed by atoms with E-state index < -0.39 is 0 Å². The average molecular weight is 238 g/mol. The number of hydrogen-bond donors (Lipinski definition) is 1. The van der Waals surface area contributed by atoms with Gasteiger partial charge in [0.25, 0.3) is 0 Å². The molecular weight excluding hydrogens is 218 g/mol. The minimum atomic E-state index is 0.554. The molecule has 0 radical (unpaired) electrons.